The van der Waals surface area contributed by atoms with E-state index < -0.39 is 27.6 Å². The van der Waals surface area contributed by atoms with Gasteiger partial charge in [-0.3, -0.25) is 14.9 Å². The van der Waals surface area contributed by atoms with Crippen molar-refractivity contribution >= 4 is 22.0 Å². The van der Waals surface area contributed by atoms with E-state index in [1.54, 1.807) is 0 Å². The fourth-order valence-corrected chi connectivity index (χ4v) is 3.36. The van der Waals surface area contributed by atoms with Gasteiger partial charge in [0.2, 0.25) is 11.8 Å². The minimum Gasteiger partial charge on any atom is -0.330 e. The van der Waals surface area contributed by atoms with Crippen LogP contribution in [0.4, 0.5) is 0 Å². The van der Waals surface area contributed by atoms with Crippen LogP contribution in [0.1, 0.15) is 20.3 Å². The molecule has 0 radical (unpaired) electrons. The molecule has 1 fully saturated rings. The number of nitrogens with one attached hydrogen (secondary N) is 1. The maximum absolute atomic E-state index is 12.4. The van der Waals surface area contributed by atoms with Crippen molar-refractivity contribution in [3.05, 3.63) is 0 Å². The number of carbonyl (C=O) groups is 2. The maximum Gasteiger partial charge on any atom is 0.283 e. The van der Waals surface area contributed by atoms with Gasteiger partial charge in [-0.15, -0.1) is 0 Å². The second kappa shape index (κ2) is 5.53. The van der Waals surface area contributed by atoms with Crippen molar-refractivity contribution in [2.45, 2.75) is 25.8 Å². The fourth-order valence-electron chi connectivity index (χ4n) is 1.73. The van der Waals surface area contributed by atoms with Crippen molar-refractivity contribution in [3.8, 4) is 0 Å². The standard InChI is InChI=1S/C10H20N4O4S/c1-10(2)9(16)12-8(15)7-14(10)19(17,18)13(3)6-4-5-11/h4-7,11H2,1-3H3,(H,12,15,16). The van der Waals surface area contributed by atoms with E-state index in [0.29, 0.717) is 13.0 Å². The van der Waals surface area contributed by atoms with Crippen LogP contribution in [0.15, 0.2) is 0 Å². The minimum absolute atomic E-state index is 0.237. The van der Waals surface area contributed by atoms with Crippen LogP contribution in [-0.2, 0) is 19.8 Å². The quantitative estimate of drug-likeness (QED) is 0.583. The van der Waals surface area contributed by atoms with Gasteiger partial charge in [0, 0.05) is 13.6 Å². The van der Waals surface area contributed by atoms with E-state index in [-0.39, 0.29) is 13.1 Å². The highest BCUT2D eigenvalue weighted by atomic mass is 32.2. The molecule has 8 nitrogen and oxygen atoms in total. The van der Waals surface area contributed by atoms with E-state index in [1.165, 1.54) is 20.9 Å². The van der Waals surface area contributed by atoms with Crippen LogP contribution in [-0.4, -0.2) is 61.1 Å². The SMILES string of the molecule is CN(CCCN)S(=O)(=O)N1CC(=O)NC(=O)C1(C)C. The van der Waals surface area contributed by atoms with Gasteiger partial charge in [-0.25, -0.2) is 0 Å². The first kappa shape index (κ1) is 16.0. The second-order valence-electron chi connectivity index (χ2n) is 4.91. The summed E-state index contributed by atoms with van der Waals surface area (Å²) in [5.74, 6) is -1.25. The molecule has 0 saturated carbocycles. The van der Waals surface area contributed by atoms with Gasteiger partial charge in [0.15, 0.2) is 0 Å². The molecule has 2 amide bonds. The van der Waals surface area contributed by atoms with Crippen LogP contribution in [0.25, 0.3) is 0 Å². The number of rotatable bonds is 5. The van der Waals surface area contributed by atoms with Crippen LogP contribution in [0.3, 0.4) is 0 Å². The van der Waals surface area contributed by atoms with Gasteiger partial charge in [0.25, 0.3) is 10.2 Å². The molecule has 1 rings (SSSR count). The number of nitrogens with two attached hydrogens (primary N) is 1. The Labute approximate surface area is 113 Å². The monoisotopic (exact) mass is 292 g/mol. The summed E-state index contributed by atoms with van der Waals surface area (Å²) in [5.41, 5.74) is 4.04. The molecule has 0 atom stereocenters. The molecule has 0 aromatic carbocycles. The minimum atomic E-state index is -3.88. The van der Waals surface area contributed by atoms with Crippen molar-refractivity contribution in [2.24, 2.45) is 5.73 Å². The van der Waals surface area contributed by atoms with Gasteiger partial charge in [0.1, 0.15) is 5.54 Å². The second-order valence-corrected chi connectivity index (χ2v) is 6.87. The smallest absolute Gasteiger partial charge is 0.283 e. The highest BCUT2D eigenvalue weighted by molar-refractivity contribution is 7.86. The number of imide groups is 1. The molecule has 0 aromatic heterocycles. The Balaban J connectivity index is 3.04. The zero-order chi connectivity index (χ0) is 14.8. The zero-order valence-electron chi connectivity index (χ0n) is 11.3. The molecular formula is C10H20N4O4S. The molecule has 0 unspecified atom stereocenters. The molecule has 9 heteroatoms. The Kier molecular flexibility index (Phi) is 4.67. The van der Waals surface area contributed by atoms with Crippen molar-refractivity contribution < 1.29 is 18.0 Å². The Morgan fingerprint density at radius 3 is 2.53 bits per heavy atom. The summed E-state index contributed by atoms with van der Waals surface area (Å²) in [6.07, 6.45) is 0.504. The van der Waals surface area contributed by atoms with Crippen LogP contribution in [0.2, 0.25) is 0 Å². The number of carbonyl (C=O) groups excluding carboxylic acids is 2. The molecule has 0 aromatic rings. The summed E-state index contributed by atoms with van der Waals surface area (Å²) in [5, 5.41) is 2.13. The van der Waals surface area contributed by atoms with E-state index in [2.05, 4.69) is 5.32 Å². The van der Waals surface area contributed by atoms with E-state index in [4.69, 9.17) is 5.73 Å². The Morgan fingerprint density at radius 1 is 1.42 bits per heavy atom. The zero-order valence-corrected chi connectivity index (χ0v) is 12.2. The number of hydrogen-bond acceptors (Lipinski definition) is 5. The predicted molar refractivity (Wildman–Crippen MR) is 69.2 cm³/mol. The number of amides is 2. The molecule has 110 valence electrons. The van der Waals surface area contributed by atoms with Crippen LogP contribution in [0, 0.1) is 0 Å². The summed E-state index contributed by atoms with van der Waals surface area (Å²) >= 11 is 0. The van der Waals surface area contributed by atoms with Crippen LogP contribution >= 0.6 is 0 Å². The van der Waals surface area contributed by atoms with Crippen molar-refractivity contribution in [1.82, 2.24) is 13.9 Å². The number of piperazine rings is 1. The molecule has 19 heavy (non-hydrogen) atoms. The summed E-state index contributed by atoms with van der Waals surface area (Å²) in [4.78, 5) is 23.1. The van der Waals surface area contributed by atoms with Crippen molar-refractivity contribution in [2.75, 3.05) is 26.7 Å². The first-order chi connectivity index (χ1) is 8.64. The lowest BCUT2D eigenvalue weighted by Gasteiger charge is -2.40. The molecule has 0 bridgehead atoms. The lowest BCUT2D eigenvalue weighted by atomic mass is 10.0. The average molecular weight is 292 g/mol. The highest BCUT2D eigenvalue weighted by Crippen LogP contribution is 2.23. The molecule has 1 heterocycles. The first-order valence-corrected chi connectivity index (χ1v) is 7.32. The molecule has 0 aliphatic carbocycles. The normalized spacial score (nSPS) is 20.7. The van der Waals surface area contributed by atoms with Gasteiger partial charge < -0.3 is 5.73 Å². The van der Waals surface area contributed by atoms with Crippen molar-refractivity contribution in [1.29, 1.82) is 0 Å². The molecule has 3 N–H and O–H groups in total. The Bertz CT molecular complexity index is 474. The van der Waals surface area contributed by atoms with E-state index >= 15 is 0 Å². The summed E-state index contributed by atoms with van der Waals surface area (Å²) in [6, 6.07) is 0. The Morgan fingerprint density at radius 2 is 2.00 bits per heavy atom. The van der Waals surface area contributed by atoms with Crippen LogP contribution in [0.5, 0.6) is 0 Å². The Hall–Kier alpha value is -1.03. The summed E-state index contributed by atoms with van der Waals surface area (Å²) in [6.45, 7) is 3.16. The van der Waals surface area contributed by atoms with Gasteiger partial charge in [-0.05, 0) is 26.8 Å². The third-order valence-corrected chi connectivity index (χ3v) is 5.18. The largest absolute Gasteiger partial charge is 0.330 e. The van der Waals surface area contributed by atoms with Gasteiger partial charge in [-0.1, -0.05) is 0 Å². The fraction of sp³-hybridized carbons (Fsp3) is 0.800. The van der Waals surface area contributed by atoms with E-state index in [9.17, 15) is 18.0 Å². The van der Waals surface area contributed by atoms with E-state index in [1.807, 2.05) is 0 Å². The van der Waals surface area contributed by atoms with Gasteiger partial charge in [0.05, 0.1) is 6.54 Å². The average Bonchev–Trinajstić information content (AvgIpc) is 2.30. The molecule has 1 aliphatic heterocycles. The topological polar surface area (TPSA) is 113 Å². The molecule has 1 saturated heterocycles. The summed E-state index contributed by atoms with van der Waals surface area (Å²) < 4.78 is 26.8. The van der Waals surface area contributed by atoms with Crippen molar-refractivity contribution in [3.63, 3.8) is 0 Å². The first-order valence-electron chi connectivity index (χ1n) is 5.92. The molecule has 1 aliphatic rings. The lowest BCUT2D eigenvalue weighted by molar-refractivity contribution is -0.141. The molecule has 0 spiro atoms. The number of nitrogens with zero attached hydrogens (tertiary/aromatic N) is 2. The summed E-state index contributed by atoms with van der Waals surface area (Å²) in [7, 11) is -2.48. The number of hydrogen-bond donors (Lipinski definition) is 2. The maximum atomic E-state index is 12.4. The third-order valence-electron chi connectivity index (χ3n) is 3.07. The predicted octanol–water partition coefficient (Wildman–Crippen LogP) is -1.75. The van der Waals surface area contributed by atoms with Crippen LogP contribution < -0.4 is 11.1 Å². The lowest BCUT2D eigenvalue weighted by Crippen LogP contribution is -2.67. The van der Waals surface area contributed by atoms with Gasteiger partial charge in [-0.2, -0.15) is 17.0 Å². The highest BCUT2D eigenvalue weighted by Gasteiger charge is 2.48. The third kappa shape index (κ3) is 3.11. The molecular weight excluding hydrogens is 272 g/mol. The van der Waals surface area contributed by atoms with Gasteiger partial charge >= 0.3 is 0 Å². The van der Waals surface area contributed by atoms with E-state index in [0.717, 1.165) is 8.61 Å².